The van der Waals surface area contributed by atoms with Crippen molar-refractivity contribution in [2.45, 2.75) is 32.2 Å². The number of likely N-dealkylation sites (tertiary alicyclic amines) is 1. The number of anilines is 1. The van der Waals surface area contributed by atoms with Crippen molar-refractivity contribution in [3.05, 3.63) is 47.2 Å². The monoisotopic (exact) mass is 410 g/mol. The molecule has 0 radical (unpaired) electrons. The zero-order valence-corrected chi connectivity index (χ0v) is 17.1. The third kappa shape index (κ3) is 4.04. The SMILES string of the molecule is Cc1nnc(-c2cccc(NC(=O)[C@H]3CCCCN3C(=O)c3ccnn3C)c2)s1. The maximum atomic E-state index is 13.0. The fraction of sp³-hybridized carbons (Fsp3) is 0.350. The zero-order chi connectivity index (χ0) is 20.4. The number of rotatable bonds is 4. The minimum atomic E-state index is -0.501. The van der Waals surface area contributed by atoms with Crippen molar-refractivity contribution in [1.29, 1.82) is 0 Å². The highest BCUT2D eigenvalue weighted by Crippen LogP contribution is 2.26. The molecule has 1 fully saturated rings. The van der Waals surface area contributed by atoms with Crippen molar-refractivity contribution < 1.29 is 9.59 Å². The summed E-state index contributed by atoms with van der Waals surface area (Å²) in [5, 5.41) is 17.0. The van der Waals surface area contributed by atoms with E-state index < -0.39 is 6.04 Å². The predicted molar refractivity (Wildman–Crippen MR) is 111 cm³/mol. The lowest BCUT2D eigenvalue weighted by Crippen LogP contribution is -2.50. The molecule has 9 heteroatoms. The van der Waals surface area contributed by atoms with Gasteiger partial charge in [0.1, 0.15) is 21.8 Å². The van der Waals surface area contributed by atoms with Crippen LogP contribution in [0.3, 0.4) is 0 Å². The third-order valence-corrected chi connectivity index (χ3v) is 5.90. The fourth-order valence-corrected chi connectivity index (χ4v) is 4.23. The predicted octanol–water partition coefficient (Wildman–Crippen LogP) is 2.88. The number of aromatic nitrogens is 4. The molecular weight excluding hydrogens is 388 g/mol. The number of piperidine rings is 1. The Kier molecular flexibility index (Phi) is 5.39. The summed E-state index contributed by atoms with van der Waals surface area (Å²) >= 11 is 1.50. The fourth-order valence-electron chi connectivity index (χ4n) is 3.55. The third-order valence-electron chi connectivity index (χ3n) is 5.01. The van der Waals surface area contributed by atoms with E-state index in [1.165, 1.54) is 11.3 Å². The summed E-state index contributed by atoms with van der Waals surface area (Å²) in [6.07, 6.45) is 4.04. The van der Waals surface area contributed by atoms with Gasteiger partial charge in [-0.2, -0.15) is 5.10 Å². The Labute approximate surface area is 172 Å². The summed E-state index contributed by atoms with van der Waals surface area (Å²) in [7, 11) is 1.73. The molecule has 3 heterocycles. The Balaban J connectivity index is 1.52. The van der Waals surface area contributed by atoms with Crippen LogP contribution in [0.4, 0.5) is 5.69 Å². The number of amides is 2. The zero-order valence-electron chi connectivity index (χ0n) is 16.3. The smallest absolute Gasteiger partial charge is 0.272 e. The molecule has 2 aromatic heterocycles. The summed E-state index contributed by atoms with van der Waals surface area (Å²) < 4.78 is 1.54. The molecule has 4 rings (SSSR count). The molecule has 3 aromatic rings. The van der Waals surface area contributed by atoms with Crippen LogP contribution in [0.5, 0.6) is 0 Å². The first-order valence-corrected chi connectivity index (χ1v) is 10.3. The lowest BCUT2D eigenvalue weighted by atomic mass is 10.0. The van der Waals surface area contributed by atoms with Gasteiger partial charge in [0.25, 0.3) is 5.91 Å². The molecule has 2 amide bonds. The topological polar surface area (TPSA) is 93.0 Å². The van der Waals surface area contributed by atoms with Crippen LogP contribution in [0, 0.1) is 6.92 Å². The van der Waals surface area contributed by atoms with Gasteiger partial charge in [0, 0.05) is 31.0 Å². The largest absolute Gasteiger partial charge is 0.325 e. The quantitative estimate of drug-likeness (QED) is 0.714. The van der Waals surface area contributed by atoms with Crippen molar-refractivity contribution in [3.63, 3.8) is 0 Å². The highest BCUT2D eigenvalue weighted by atomic mass is 32.1. The second-order valence-electron chi connectivity index (χ2n) is 7.05. The van der Waals surface area contributed by atoms with Gasteiger partial charge >= 0.3 is 0 Å². The van der Waals surface area contributed by atoms with Gasteiger partial charge in [0.05, 0.1) is 0 Å². The number of nitrogens with zero attached hydrogens (tertiary/aromatic N) is 5. The number of carbonyl (C=O) groups excluding carboxylic acids is 2. The molecule has 0 saturated carbocycles. The van der Waals surface area contributed by atoms with E-state index >= 15 is 0 Å². The van der Waals surface area contributed by atoms with Gasteiger partial charge in [-0.15, -0.1) is 10.2 Å². The van der Waals surface area contributed by atoms with E-state index in [0.29, 0.717) is 24.3 Å². The Morgan fingerprint density at radius 1 is 1.21 bits per heavy atom. The van der Waals surface area contributed by atoms with E-state index in [1.54, 1.807) is 28.9 Å². The maximum absolute atomic E-state index is 13.0. The average Bonchev–Trinajstić information content (AvgIpc) is 3.36. The second-order valence-corrected chi connectivity index (χ2v) is 8.23. The molecule has 0 bridgehead atoms. The number of nitrogens with one attached hydrogen (secondary N) is 1. The van der Waals surface area contributed by atoms with Crippen molar-refractivity contribution in [2.75, 3.05) is 11.9 Å². The van der Waals surface area contributed by atoms with Crippen LogP contribution in [0.25, 0.3) is 10.6 Å². The van der Waals surface area contributed by atoms with Crippen LogP contribution in [-0.4, -0.2) is 49.3 Å². The molecule has 0 spiro atoms. The lowest BCUT2D eigenvalue weighted by Gasteiger charge is -2.34. The number of hydrogen-bond donors (Lipinski definition) is 1. The normalized spacial score (nSPS) is 16.6. The molecule has 1 saturated heterocycles. The van der Waals surface area contributed by atoms with E-state index in [-0.39, 0.29) is 11.8 Å². The summed E-state index contributed by atoms with van der Waals surface area (Å²) in [6.45, 7) is 2.47. The van der Waals surface area contributed by atoms with E-state index in [1.807, 2.05) is 31.2 Å². The van der Waals surface area contributed by atoms with Gasteiger partial charge in [0.2, 0.25) is 5.91 Å². The minimum Gasteiger partial charge on any atom is -0.325 e. The standard InChI is InChI=1S/C20H22N6O2S/c1-13-23-24-19(29-13)14-6-5-7-15(12-14)22-18(27)16-8-3-4-11-26(16)20(28)17-9-10-21-25(17)2/h5-7,9-10,12,16H,3-4,8,11H2,1-2H3,(H,22,27)/t16-/m1/s1. The van der Waals surface area contributed by atoms with E-state index in [9.17, 15) is 9.59 Å². The van der Waals surface area contributed by atoms with E-state index in [4.69, 9.17) is 0 Å². The van der Waals surface area contributed by atoms with Gasteiger partial charge in [-0.1, -0.05) is 23.5 Å². The van der Waals surface area contributed by atoms with Crippen molar-refractivity contribution in [1.82, 2.24) is 24.9 Å². The Morgan fingerprint density at radius 3 is 2.79 bits per heavy atom. The van der Waals surface area contributed by atoms with E-state index in [2.05, 4.69) is 20.6 Å². The van der Waals surface area contributed by atoms with Crippen LogP contribution in [-0.2, 0) is 11.8 Å². The average molecular weight is 411 g/mol. The summed E-state index contributed by atoms with van der Waals surface area (Å²) in [5.41, 5.74) is 2.07. The molecule has 0 unspecified atom stereocenters. The van der Waals surface area contributed by atoms with Crippen LogP contribution in [0.2, 0.25) is 0 Å². The Bertz CT molecular complexity index is 1040. The molecule has 1 aliphatic rings. The van der Waals surface area contributed by atoms with Crippen LogP contribution >= 0.6 is 11.3 Å². The van der Waals surface area contributed by atoms with Crippen molar-refractivity contribution in [3.8, 4) is 10.6 Å². The summed E-state index contributed by atoms with van der Waals surface area (Å²) in [5.74, 6) is -0.339. The molecule has 1 aromatic carbocycles. The first-order valence-electron chi connectivity index (χ1n) is 9.53. The number of benzene rings is 1. The molecule has 1 N–H and O–H groups in total. The molecule has 0 aliphatic carbocycles. The molecule has 29 heavy (non-hydrogen) atoms. The molecule has 1 aliphatic heterocycles. The highest BCUT2D eigenvalue weighted by molar-refractivity contribution is 7.14. The second kappa shape index (κ2) is 8.12. The summed E-state index contributed by atoms with van der Waals surface area (Å²) in [6, 6.07) is 8.72. The molecule has 8 nitrogen and oxygen atoms in total. The first-order chi connectivity index (χ1) is 14.0. The molecule has 1 atom stereocenters. The lowest BCUT2D eigenvalue weighted by molar-refractivity contribution is -0.121. The molecular formula is C20H22N6O2S. The minimum absolute atomic E-state index is 0.164. The maximum Gasteiger partial charge on any atom is 0.272 e. The van der Waals surface area contributed by atoms with Crippen molar-refractivity contribution in [2.24, 2.45) is 7.05 Å². The number of aryl methyl sites for hydroxylation is 2. The van der Waals surface area contributed by atoms with Crippen LogP contribution < -0.4 is 5.32 Å². The Hall–Kier alpha value is -3.07. The first kappa shape index (κ1) is 19.3. The number of carbonyl (C=O) groups is 2. The van der Waals surface area contributed by atoms with Gasteiger partial charge in [0.15, 0.2) is 0 Å². The van der Waals surface area contributed by atoms with Gasteiger partial charge < -0.3 is 10.2 Å². The number of hydrogen-bond acceptors (Lipinski definition) is 6. The summed E-state index contributed by atoms with van der Waals surface area (Å²) in [4.78, 5) is 27.7. The highest BCUT2D eigenvalue weighted by Gasteiger charge is 2.33. The molecule has 150 valence electrons. The van der Waals surface area contributed by atoms with Gasteiger partial charge in [-0.05, 0) is 44.4 Å². The van der Waals surface area contributed by atoms with Gasteiger partial charge in [-0.25, -0.2) is 0 Å². The van der Waals surface area contributed by atoms with Crippen LogP contribution in [0.1, 0.15) is 34.8 Å². The van der Waals surface area contributed by atoms with Crippen LogP contribution in [0.15, 0.2) is 36.5 Å². The van der Waals surface area contributed by atoms with E-state index in [0.717, 1.165) is 28.4 Å². The van der Waals surface area contributed by atoms with Crippen molar-refractivity contribution >= 4 is 28.8 Å². The Morgan fingerprint density at radius 2 is 2.07 bits per heavy atom. The van der Waals surface area contributed by atoms with Gasteiger partial charge in [-0.3, -0.25) is 14.3 Å².